The second-order valence-electron chi connectivity index (χ2n) is 37.9. The molecule has 2 aliphatic heterocycles. The number of amides is 4. The van der Waals surface area contributed by atoms with E-state index in [2.05, 4.69) is 81.6 Å². The molecule has 29 nitrogen and oxygen atoms in total. The number of thioether (sulfide) groups is 5. The number of thiol groups is 1. The number of benzene rings is 6. The number of methoxy groups -OCH3 is 5. The van der Waals surface area contributed by atoms with Crippen molar-refractivity contribution < 1.29 is 110 Å². The second-order valence-corrected chi connectivity index (χ2v) is 44.6. The molecule has 0 unspecified atom stereocenters. The lowest BCUT2D eigenvalue weighted by molar-refractivity contribution is -0.160. The summed E-state index contributed by atoms with van der Waals surface area (Å²) in [5.74, 6) is 0.892. The summed E-state index contributed by atoms with van der Waals surface area (Å²) in [4.78, 5) is 146. The first kappa shape index (κ1) is 131. The molecule has 6 atom stereocenters. The number of piperidine rings is 2. The van der Waals surface area contributed by atoms with Crippen LogP contribution in [0.3, 0.4) is 0 Å². The van der Waals surface area contributed by atoms with E-state index in [1.54, 1.807) is 129 Å². The number of hydrogen-bond acceptors (Lipinski definition) is 31. The maximum Gasteiger partial charge on any atom is 0.408 e. The van der Waals surface area contributed by atoms with Gasteiger partial charge in [-0.25, -0.2) is 24.0 Å². The van der Waals surface area contributed by atoms with Crippen LogP contribution in [0.5, 0.6) is 0 Å². The quantitative estimate of drug-likeness (QED) is 0.00531. The summed E-state index contributed by atoms with van der Waals surface area (Å²) < 4.78 is 56.1. The molecule has 0 radical (unpaired) electrons. The summed E-state index contributed by atoms with van der Waals surface area (Å²) in [5, 5.41) is 14.1. The molecule has 2 heterocycles. The van der Waals surface area contributed by atoms with Crippen LogP contribution in [0.1, 0.15) is 176 Å². The van der Waals surface area contributed by atoms with Crippen LogP contribution >= 0.6 is 87.4 Å². The Morgan fingerprint density at radius 3 is 1.10 bits per heavy atom. The number of nitrogens with zero attached hydrogens (tertiary/aromatic N) is 1. The lowest BCUT2D eigenvalue weighted by Gasteiger charge is -2.32. The van der Waals surface area contributed by atoms with E-state index >= 15 is 0 Å². The molecule has 0 aromatic heterocycles. The molecule has 790 valence electrons. The summed E-state index contributed by atoms with van der Waals surface area (Å²) in [7, 11) is 7.05. The van der Waals surface area contributed by atoms with E-state index in [0.717, 1.165) is 107 Å². The van der Waals surface area contributed by atoms with Gasteiger partial charge in [0.2, 0.25) is 0 Å². The molecule has 5 N–H and O–H groups in total. The molecule has 0 spiro atoms. The lowest BCUT2D eigenvalue weighted by atomic mass is 9.97. The zero-order valence-corrected chi connectivity index (χ0v) is 93.4. The van der Waals surface area contributed by atoms with Crippen molar-refractivity contribution in [2.24, 2.45) is 23.7 Å². The third-order valence-corrected chi connectivity index (χ3v) is 25.0. The molecule has 0 saturated carbocycles. The minimum Gasteiger partial charge on any atom is -0.505 e. The highest BCUT2D eigenvalue weighted by atomic mass is 79.9. The molecule has 4 amide bonds. The van der Waals surface area contributed by atoms with Gasteiger partial charge in [-0.2, -0.15) is 12.6 Å². The fourth-order valence-electron chi connectivity index (χ4n) is 11.8. The fourth-order valence-corrected chi connectivity index (χ4v) is 17.2. The number of esters is 6. The van der Waals surface area contributed by atoms with Gasteiger partial charge in [-0.1, -0.05) is 125 Å². The molecule has 0 bridgehead atoms. The molecule has 36 heteroatoms. The Bertz CT molecular complexity index is 4550. The van der Waals surface area contributed by atoms with Gasteiger partial charge in [-0.05, 0) is 262 Å². The average Bonchev–Trinajstić information content (AvgIpc) is 0.870. The van der Waals surface area contributed by atoms with E-state index in [1.165, 1.54) is 45.1 Å². The number of carbonyl (C=O) groups excluding carboxylic acids is 12. The van der Waals surface area contributed by atoms with E-state index in [4.69, 9.17) is 42.6 Å². The molecule has 8 rings (SSSR count). The number of rotatable bonds is 36. The van der Waals surface area contributed by atoms with Gasteiger partial charge in [0.05, 0.1) is 78.4 Å². The van der Waals surface area contributed by atoms with E-state index < -0.39 is 69.8 Å². The van der Waals surface area contributed by atoms with Gasteiger partial charge in [0.15, 0.2) is 0 Å². The standard InChI is InChI=1S/C22H34N2O4S.C16H23NO3S.C16H22O4S.C15H21NO3S.C15H20O3S.C9H17NO4S.C7H13NO2.C6H5Br/c1-22(2,3)28-21(26)23-18(16-29-19-8-6-5-7-9-19)12-15-24-13-10-17(11-14-24)20(25)27-4;1-16(2,3)20-15(18)17-13(10-11-19-4)12-21-14-8-6-5-7-9-14;1-16(2,3)20-14(17)10-12(15(18)19-4)11-21-13-8-6-5-7-9-13;1-15(2,3)19-14(18)16-12(9-10-17)11-20-13-7-5-4-6-8-13;1-15(2,3)18-14(17)9-12(10-16)11-19-13-7-5-4-6-8-13;1-9(2,3)14-8(12)10-6(5-15)7(11)13-4;1-10-7(9)6-2-4-8-5-3-6;7-6-4-2-1-3-5-6/h5-9,17-18H,10-16H2,1-4H3,(H,23,26);5-11,13H,12H2,1-4H3,(H,17,18);5-9,12H,10-11H2,1-4H3;4-8,10,12H,9,11H2,1-3H3,(H,16,18);4-8,10,12H,9,11H2,1-3H3;6,15H,5H2,1-4H3,(H,10,12);6,8H,2-5H2,1H3;1-5H/t18-;13-;3*12-;6-;;/m110110../s1. The van der Waals surface area contributed by atoms with Gasteiger partial charge < -0.3 is 93.2 Å². The lowest BCUT2D eigenvalue weighted by Crippen LogP contribution is -2.45. The van der Waals surface area contributed by atoms with Crippen molar-refractivity contribution in [3.63, 3.8) is 0 Å². The number of hydrogen-bond donors (Lipinski definition) is 6. The monoisotopic (exact) mass is 2150 g/mol. The summed E-state index contributed by atoms with van der Waals surface area (Å²) in [6.07, 6.45) is 7.85. The fraction of sp³-hybridized carbons (Fsp3) is 0.528. The number of nitrogens with one attached hydrogen (secondary N) is 5. The largest absolute Gasteiger partial charge is 0.505 e. The minimum absolute atomic E-state index is 0.00777. The zero-order chi connectivity index (χ0) is 107. The Hall–Kier alpha value is -9.40. The van der Waals surface area contributed by atoms with Crippen LogP contribution in [0.4, 0.5) is 19.2 Å². The van der Waals surface area contributed by atoms with Gasteiger partial charge in [0.25, 0.3) is 0 Å². The maximum absolute atomic E-state index is 12.3. The van der Waals surface area contributed by atoms with Crippen LogP contribution in [-0.4, -0.2) is 238 Å². The van der Waals surface area contributed by atoms with Crippen molar-refractivity contribution in [3.8, 4) is 0 Å². The van der Waals surface area contributed by atoms with E-state index in [-0.39, 0.29) is 96.8 Å². The Morgan fingerprint density at radius 2 is 0.754 bits per heavy atom. The van der Waals surface area contributed by atoms with Crippen molar-refractivity contribution in [2.75, 3.05) is 103 Å². The summed E-state index contributed by atoms with van der Waals surface area (Å²) in [6.45, 7) is 37.1. The first-order valence-electron chi connectivity index (χ1n) is 46.8. The van der Waals surface area contributed by atoms with E-state index in [9.17, 15) is 57.5 Å². The predicted octanol–water partition coefficient (Wildman–Crippen LogP) is 21.3. The molecular weight excluding hydrogens is 2000 g/mol. The molecule has 2 aliphatic rings. The second kappa shape index (κ2) is 72.8. The number of aldehydes is 2. The van der Waals surface area contributed by atoms with Crippen molar-refractivity contribution >= 4 is 160 Å². The van der Waals surface area contributed by atoms with Crippen LogP contribution in [0.2, 0.25) is 0 Å². The molecule has 2 saturated heterocycles. The van der Waals surface area contributed by atoms with Crippen LogP contribution in [0.25, 0.3) is 0 Å². The normalized spacial score (nSPS) is 13.9. The average molecular weight is 2150 g/mol. The third-order valence-electron chi connectivity index (χ3n) is 18.2. The molecular formula is C106H155BrN6O23S6. The van der Waals surface area contributed by atoms with Gasteiger partial charge in [-0.15, -0.1) is 58.8 Å². The summed E-state index contributed by atoms with van der Waals surface area (Å²) in [6, 6.07) is 58.4. The van der Waals surface area contributed by atoms with Crippen molar-refractivity contribution in [1.29, 1.82) is 0 Å². The first-order valence-corrected chi connectivity index (χ1v) is 53.1. The zero-order valence-electron chi connectivity index (χ0n) is 86.9. The Balaban J connectivity index is 0.000000830. The Morgan fingerprint density at radius 1 is 0.415 bits per heavy atom. The highest BCUT2D eigenvalue weighted by Crippen LogP contribution is 2.29. The van der Waals surface area contributed by atoms with Crippen LogP contribution in [0.15, 0.2) is 223 Å². The molecule has 142 heavy (non-hydrogen) atoms. The molecule has 2 fully saturated rings. The number of alkyl carbamates (subject to hydrolysis) is 4. The predicted molar refractivity (Wildman–Crippen MR) is 575 cm³/mol. The van der Waals surface area contributed by atoms with Crippen LogP contribution < -0.4 is 26.6 Å². The Labute approximate surface area is 878 Å². The third kappa shape index (κ3) is 71.1. The minimum atomic E-state index is -0.784. The Kier molecular flexibility index (Phi) is 67.0. The van der Waals surface area contributed by atoms with E-state index in [1.807, 2.05) is 232 Å². The van der Waals surface area contributed by atoms with Gasteiger partial charge in [0, 0.05) is 94.4 Å². The van der Waals surface area contributed by atoms with Crippen molar-refractivity contribution in [1.82, 2.24) is 31.5 Å². The highest BCUT2D eigenvalue weighted by Gasteiger charge is 2.31. The van der Waals surface area contributed by atoms with Crippen molar-refractivity contribution in [2.45, 2.75) is 258 Å². The summed E-state index contributed by atoms with van der Waals surface area (Å²) in [5.41, 5.74) is -3.21. The highest BCUT2D eigenvalue weighted by molar-refractivity contribution is 9.10. The molecule has 0 aliphatic carbocycles. The topological polar surface area (TPSA) is 370 Å². The number of carbonyl (C=O) groups is 12. The van der Waals surface area contributed by atoms with E-state index in [0.29, 0.717) is 23.0 Å². The smallest absolute Gasteiger partial charge is 0.408 e. The van der Waals surface area contributed by atoms with Crippen LogP contribution in [0, 0.1) is 23.7 Å². The van der Waals surface area contributed by atoms with Gasteiger partial charge >= 0.3 is 60.2 Å². The van der Waals surface area contributed by atoms with Crippen LogP contribution in [-0.2, 0) is 90.5 Å². The number of likely N-dealkylation sites (tertiary alicyclic amines) is 1. The molecule has 6 aromatic carbocycles. The van der Waals surface area contributed by atoms with Gasteiger partial charge in [-0.3, -0.25) is 24.0 Å². The maximum atomic E-state index is 12.3. The number of halogens is 1. The molecule has 6 aromatic rings. The number of ether oxygens (including phenoxy) is 11. The van der Waals surface area contributed by atoms with Crippen molar-refractivity contribution in [3.05, 3.63) is 199 Å². The SMILES string of the molecule is Brc1ccccc1.CC(C)(C)OC(=O)C[C@H](C=O)CSc1ccccc1.CC(C)(C)OC(=O)N[C@H](CC=O)CSc1ccccc1.COC(=O)C1CCN(CC[C@H](CSc2ccccc2)NC(=O)OC(C)(C)C)CC1.COC(=O)C1CCNCC1.COC(=O)[C@H](CS)NC(=O)OC(C)(C)C.COC(=O)[C@H](CSc1ccccc1)CC(=O)OC(C)(C)C.COC=C[C@H](CSc1ccccc1)NC(=O)OC(C)(C)C. The summed E-state index contributed by atoms with van der Waals surface area (Å²) >= 11 is 15.3. The first-order chi connectivity index (χ1) is 66.8. The van der Waals surface area contributed by atoms with Gasteiger partial charge in [0.1, 0.15) is 52.2 Å².